The van der Waals surface area contributed by atoms with Crippen LogP contribution in [-0.4, -0.2) is 11.1 Å². The van der Waals surface area contributed by atoms with E-state index in [1.807, 2.05) is 0 Å². The van der Waals surface area contributed by atoms with Gasteiger partial charge in [0.15, 0.2) is 0 Å². The summed E-state index contributed by atoms with van der Waals surface area (Å²) in [7, 11) is 0. The van der Waals surface area contributed by atoms with Crippen molar-refractivity contribution in [3.8, 4) is 0 Å². The number of hydrogen-bond donors (Lipinski definition) is 1. The number of aromatic carboxylic acids is 1. The Morgan fingerprint density at radius 3 is 2.40 bits per heavy atom. The molecule has 0 saturated heterocycles. The van der Waals surface area contributed by atoms with Crippen LogP contribution in [0.5, 0.6) is 0 Å². The first-order chi connectivity index (χ1) is 9.70. The quantitative estimate of drug-likeness (QED) is 0.903. The number of carboxylic acid groups (broad SMARTS) is 1. The summed E-state index contributed by atoms with van der Waals surface area (Å²) in [4.78, 5) is 11.1. The maximum Gasteiger partial charge on any atom is 0.339 e. The Kier molecular flexibility index (Phi) is 2.90. The second-order valence-electron chi connectivity index (χ2n) is 7.20. The number of furan rings is 1. The average molecular weight is 274 g/mol. The van der Waals surface area contributed by atoms with Crippen LogP contribution < -0.4 is 0 Å². The molecule has 4 aliphatic rings. The van der Waals surface area contributed by atoms with Crippen LogP contribution in [0.1, 0.15) is 54.6 Å². The van der Waals surface area contributed by atoms with Crippen molar-refractivity contribution in [2.75, 3.05) is 0 Å². The van der Waals surface area contributed by atoms with Gasteiger partial charge in [-0.05, 0) is 74.2 Å². The van der Waals surface area contributed by atoms with E-state index < -0.39 is 5.97 Å². The van der Waals surface area contributed by atoms with Crippen molar-refractivity contribution in [2.24, 2.45) is 29.6 Å². The zero-order chi connectivity index (χ0) is 13.7. The van der Waals surface area contributed by atoms with Crippen molar-refractivity contribution in [1.29, 1.82) is 0 Å². The van der Waals surface area contributed by atoms with E-state index in [1.165, 1.54) is 38.4 Å². The third-order valence-corrected chi connectivity index (χ3v) is 6.10. The van der Waals surface area contributed by atoms with E-state index in [-0.39, 0.29) is 0 Å². The van der Waals surface area contributed by atoms with Gasteiger partial charge in [0.25, 0.3) is 0 Å². The van der Waals surface area contributed by atoms with Crippen molar-refractivity contribution >= 4 is 5.97 Å². The molecular formula is C17H22O3. The molecule has 1 heterocycles. The van der Waals surface area contributed by atoms with E-state index >= 15 is 0 Å². The van der Waals surface area contributed by atoms with Crippen LogP contribution >= 0.6 is 0 Å². The van der Waals surface area contributed by atoms with Gasteiger partial charge >= 0.3 is 5.97 Å². The van der Waals surface area contributed by atoms with Crippen molar-refractivity contribution in [3.63, 3.8) is 0 Å². The summed E-state index contributed by atoms with van der Waals surface area (Å²) in [6.07, 6.45) is 10.6. The van der Waals surface area contributed by atoms with E-state index in [4.69, 9.17) is 9.52 Å². The second kappa shape index (κ2) is 4.64. The molecule has 4 fully saturated rings. The van der Waals surface area contributed by atoms with Crippen molar-refractivity contribution in [2.45, 2.75) is 44.9 Å². The molecule has 0 aromatic carbocycles. The highest BCUT2D eigenvalue weighted by molar-refractivity contribution is 5.88. The molecule has 108 valence electrons. The number of hydrogen-bond acceptors (Lipinski definition) is 2. The lowest BCUT2D eigenvalue weighted by atomic mass is 9.51. The van der Waals surface area contributed by atoms with Crippen LogP contribution in [0.4, 0.5) is 0 Å². The van der Waals surface area contributed by atoms with Crippen molar-refractivity contribution < 1.29 is 14.3 Å². The summed E-state index contributed by atoms with van der Waals surface area (Å²) in [6, 6.07) is 1.58. The predicted octanol–water partition coefficient (Wildman–Crippen LogP) is 3.98. The highest BCUT2D eigenvalue weighted by atomic mass is 16.4. The van der Waals surface area contributed by atoms with Gasteiger partial charge in [0.1, 0.15) is 11.3 Å². The fourth-order valence-corrected chi connectivity index (χ4v) is 5.53. The van der Waals surface area contributed by atoms with E-state index in [0.29, 0.717) is 11.3 Å². The number of carboxylic acids is 1. The Bertz CT molecular complexity index is 488. The van der Waals surface area contributed by atoms with Crippen molar-refractivity contribution in [1.82, 2.24) is 0 Å². The van der Waals surface area contributed by atoms with Gasteiger partial charge in [-0.15, -0.1) is 0 Å². The molecule has 4 aliphatic carbocycles. The topological polar surface area (TPSA) is 50.4 Å². The van der Waals surface area contributed by atoms with Gasteiger partial charge in [-0.2, -0.15) is 0 Å². The maximum absolute atomic E-state index is 11.1. The Morgan fingerprint density at radius 1 is 1.15 bits per heavy atom. The molecule has 0 amide bonds. The molecule has 4 saturated carbocycles. The largest absolute Gasteiger partial charge is 0.478 e. The molecule has 1 aromatic rings. The zero-order valence-corrected chi connectivity index (χ0v) is 11.8. The lowest BCUT2D eigenvalue weighted by Gasteiger charge is -2.54. The minimum absolute atomic E-state index is 0.355. The average Bonchev–Trinajstić information content (AvgIpc) is 2.85. The van der Waals surface area contributed by atoms with E-state index in [0.717, 1.165) is 42.4 Å². The van der Waals surface area contributed by atoms with Crippen LogP contribution in [0.25, 0.3) is 0 Å². The Labute approximate surface area is 119 Å². The summed E-state index contributed by atoms with van der Waals surface area (Å²) in [6.45, 7) is 0. The van der Waals surface area contributed by atoms with Crippen LogP contribution in [0.15, 0.2) is 16.7 Å². The Morgan fingerprint density at radius 2 is 1.80 bits per heavy atom. The molecule has 4 bridgehead atoms. The normalized spacial score (nSPS) is 38.3. The van der Waals surface area contributed by atoms with Gasteiger partial charge in [-0.25, -0.2) is 4.79 Å². The molecular weight excluding hydrogens is 252 g/mol. The lowest BCUT2D eigenvalue weighted by Crippen LogP contribution is -2.45. The first-order valence-electron chi connectivity index (χ1n) is 8.00. The standard InChI is InChI=1S/C17H22O3/c18-17(19)15-3-4-20-16(15)2-1-14-12-6-10-5-11(8-12)9-13(14)7-10/h3-4,10-14H,1-2,5-9H2,(H,18,19). The lowest BCUT2D eigenvalue weighted by molar-refractivity contribution is -0.0398. The molecule has 5 rings (SSSR count). The van der Waals surface area contributed by atoms with Crippen LogP contribution in [0.2, 0.25) is 0 Å². The van der Waals surface area contributed by atoms with Gasteiger partial charge in [0.2, 0.25) is 0 Å². The molecule has 0 spiro atoms. The summed E-state index contributed by atoms with van der Waals surface area (Å²) >= 11 is 0. The molecule has 0 unspecified atom stereocenters. The monoisotopic (exact) mass is 274 g/mol. The van der Waals surface area contributed by atoms with Crippen LogP contribution in [-0.2, 0) is 6.42 Å². The minimum atomic E-state index is -0.862. The first-order valence-corrected chi connectivity index (χ1v) is 8.00. The smallest absolute Gasteiger partial charge is 0.339 e. The first kappa shape index (κ1) is 12.5. The molecule has 3 nitrogen and oxygen atoms in total. The van der Waals surface area contributed by atoms with Gasteiger partial charge in [0.05, 0.1) is 6.26 Å². The van der Waals surface area contributed by atoms with Crippen LogP contribution in [0.3, 0.4) is 0 Å². The Balaban J connectivity index is 1.45. The summed E-state index contributed by atoms with van der Waals surface area (Å²) in [5.41, 5.74) is 0.355. The highest BCUT2D eigenvalue weighted by Gasteiger charge is 2.47. The molecule has 0 atom stereocenters. The maximum atomic E-state index is 11.1. The van der Waals surface area contributed by atoms with Crippen LogP contribution in [0, 0.1) is 29.6 Å². The highest BCUT2D eigenvalue weighted by Crippen LogP contribution is 2.57. The third kappa shape index (κ3) is 1.99. The minimum Gasteiger partial charge on any atom is -0.478 e. The fourth-order valence-electron chi connectivity index (χ4n) is 5.53. The SMILES string of the molecule is O=C(O)c1ccoc1CCC1C2CC3CC(C2)CC1C3. The molecule has 3 heteroatoms. The summed E-state index contributed by atoms with van der Waals surface area (Å²) in [5.74, 6) is 4.46. The van der Waals surface area contributed by atoms with E-state index in [9.17, 15) is 4.79 Å². The fraction of sp³-hybridized carbons (Fsp3) is 0.706. The second-order valence-corrected chi connectivity index (χ2v) is 7.20. The molecule has 1 aromatic heterocycles. The van der Waals surface area contributed by atoms with Gasteiger partial charge in [-0.3, -0.25) is 0 Å². The zero-order valence-electron chi connectivity index (χ0n) is 11.8. The number of aryl methyl sites for hydroxylation is 1. The molecule has 1 N–H and O–H groups in total. The van der Waals surface area contributed by atoms with Gasteiger partial charge in [0, 0.05) is 6.42 Å². The summed E-state index contributed by atoms with van der Waals surface area (Å²) in [5, 5.41) is 9.13. The molecule has 0 radical (unpaired) electrons. The van der Waals surface area contributed by atoms with Gasteiger partial charge < -0.3 is 9.52 Å². The Hall–Kier alpha value is -1.25. The summed E-state index contributed by atoms with van der Waals surface area (Å²) < 4.78 is 5.39. The van der Waals surface area contributed by atoms with Gasteiger partial charge in [-0.1, -0.05) is 0 Å². The van der Waals surface area contributed by atoms with Crippen molar-refractivity contribution in [3.05, 3.63) is 23.7 Å². The molecule has 0 aliphatic heterocycles. The third-order valence-electron chi connectivity index (χ3n) is 6.10. The van der Waals surface area contributed by atoms with E-state index in [2.05, 4.69) is 0 Å². The molecule has 20 heavy (non-hydrogen) atoms. The van der Waals surface area contributed by atoms with E-state index in [1.54, 1.807) is 6.07 Å². The predicted molar refractivity (Wildman–Crippen MR) is 74.5 cm³/mol. The number of rotatable bonds is 4. The number of carbonyl (C=O) groups is 1.